The lowest BCUT2D eigenvalue weighted by atomic mass is 10.0. The Morgan fingerprint density at radius 3 is 1.88 bits per heavy atom. The van der Waals surface area contributed by atoms with Crippen molar-refractivity contribution >= 4 is 12.9 Å². The van der Waals surface area contributed by atoms with Crippen molar-refractivity contribution in [2.24, 2.45) is 0 Å². The molecule has 0 heterocycles. The lowest BCUT2D eigenvalue weighted by Gasteiger charge is -2.03. The van der Waals surface area contributed by atoms with Crippen LogP contribution in [-0.2, 0) is 10.8 Å². The van der Waals surface area contributed by atoms with Gasteiger partial charge in [-0.3, -0.25) is 0 Å². The Hall–Kier alpha value is -1.25. The van der Waals surface area contributed by atoms with Crippen molar-refractivity contribution in [1.82, 2.24) is 0 Å². The Balaban J connectivity index is 0.000000686. The average molecular weight is 246 g/mol. The van der Waals surface area contributed by atoms with Gasteiger partial charge in [-0.15, -0.1) is 0 Å². The van der Waals surface area contributed by atoms with E-state index in [1.807, 2.05) is 32.0 Å². The van der Waals surface area contributed by atoms with Gasteiger partial charge in [0.1, 0.15) is 0 Å². The third-order valence-electron chi connectivity index (χ3n) is 2.29. The van der Waals surface area contributed by atoms with Crippen molar-refractivity contribution in [2.75, 3.05) is 0 Å². The van der Waals surface area contributed by atoms with Gasteiger partial charge in [0.2, 0.25) is 0 Å². The van der Waals surface area contributed by atoms with Crippen LogP contribution in [0.3, 0.4) is 0 Å². The van der Waals surface area contributed by atoms with E-state index in [4.69, 9.17) is 4.18 Å². The summed E-state index contributed by atoms with van der Waals surface area (Å²) < 4.78 is 4.77. The van der Waals surface area contributed by atoms with Crippen LogP contribution < -0.4 is 0 Å². The van der Waals surface area contributed by atoms with E-state index >= 15 is 0 Å². The van der Waals surface area contributed by atoms with Crippen molar-refractivity contribution < 1.29 is 4.18 Å². The van der Waals surface area contributed by atoms with Crippen LogP contribution >= 0.6 is 12.9 Å². The molecule has 2 heteroatoms. The van der Waals surface area contributed by atoms with Crippen LogP contribution in [0.2, 0.25) is 0 Å². The number of rotatable bonds is 3. The van der Waals surface area contributed by atoms with Gasteiger partial charge >= 0.3 is 0 Å². The van der Waals surface area contributed by atoms with Gasteiger partial charge in [-0.05, 0) is 29.6 Å². The fourth-order valence-electron chi connectivity index (χ4n) is 1.50. The molecular formula is C15H18OS. The summed E-state index contributed by atoms with van der Waals surface area (Å²) >= 11 is 3.73. The van der Waals surface area contributed by atoms with Crippen LogP contribution in [0.1, 0.15) is 19.4 Å². The summed E-state index contributed by atoms with van der Waals surface area (Å²) in [6, 6.07) is 18.6. The fraction of sp³-hybridized carbons (Fsp3) is 0.200. The van der Waals surface area contributed by atoms with Gasteiger partial charge in [-0.2, -0.15) is 0 Å². The highest BCUT2D eigenvalue weighted by Crippen LogP contribution is 2.19. The molecule has 0 aliphatic heterocycles. The summed E-state index contributed by atoms with van der Waals surface area (Å²) in [6.45, 7) is 4.54. The van der Waals surface area contributed by atoms with Gasteiger partial charge in [0.25, 0.3) is 0 Å². The molecule has 17 heavy (non-hydrogen) atoms. The van der Waals surface area contributed by atoms with Crippen LogP contribution in [0, 0.1) is 0 Å². The molecule has 0 aliphatic carbocycles. The molecule has 1 nitrogen and oxygen atoms in total. The Morgan fingerprint density at radius 1 is 0.824 bits per heavy atom. The highest BCUT2D eigenvalue weighted by Gasteiger charge is 1.96. The summed E-state index contributed by atoms with van der Waals surface area (Å²) in [4.78, 5) is 0. The summed E-state index contributed by atoms with van der Waals surface area (Å²) in [5, 5.41) is 0. The quantitative estimate of drug-likeness (QED) is 0.608. The maximum Gasteiger partial charge on any atom is 0.0861 e. The van der Waals surface area contributed by atoms with Crippen molar-refractivity contribution in [3.8, 4) is 11.1 Å². The van der Waals surface area contributed by atoms with Crippen molar-refractivity contribution in [1.29, 1.82) is 0 Å². The highest BCUT2D eigenvalue weighted by atomic mass is 32.1. The molecule has 0 radical (unpaired) electrons. The third-order valence-corrected chi connectivity index (χ3v) is 2.42. The number of hydrogen-bond acceptors (Lipinski definition) is 2. The smallest absolute Gasteiger partial charge is 0.0861 e. The molecule has 0 saturated heterocycles. The van der Waals surface area contributed by atoms with Crippen molar-refractivity contribution in [3.63, 3.8) is 0 Å². The molecule has 0 amide bonds. The molecule has 90 valence electrons. The monoisotopic (exact) mass is 246 g/mol. The normalized spacial score (nSPS) is 9.35. The van der Waals surface area contributed by atoms with Crippen LogP contribution in [0.4, 0.5) is 0 Å². The van der Waals surface area contributed by atoms with E-state index in [1.54, 1.807) is 0 Å². The third kappa shape index (κ3) is 4.25. The molecule has 0 fully saturated rings. The van der Waals surface area contributed by atoms with Gasteiger partial charge in [0.05, 0.1) is 6.61 Å². The Bertz CT molecular complexity index is 409. The van der Waals surface area contributed by atoms with E-state index < -0.39 is 0 Å². The summed E-state index contributed by atoms with van der Waals surface area (Å²) in [6.07, 6.45) is 0. The minimum atomic E-state index is 0.540. The van der Waals surface area contributed by atoms with E-state index in [1.165, 1.54) is 11.1 Å². The minimum Gasteiger partial charge on any atom is -0.314 e. The molecule has 0 unspecified atom stereocenters. The van der Waals surface area contributed by atoms with E-state index in [2.05, 4.69) is 49.3 Å². The van der Waals surface area contributed by atoms with Crippen LogP contribution in [0.15, 0.2) is 54.6 Å². The number of thiol groups is 1. The molecule has 2 aromatic carbocycles. The van der Waals surface area contributed by atoms with Crippen molar-refractivity contribution in [3.05, 3.63) is 60.2 Å². The predicted molar refractivity (Wildman–Crippen MR) is 77.0 cm³/mol. The second-order valence-electron chi connectivity index (χ2n) is 3.34. The first-order valence-electron chi connectivity index (χ1n) is 5.81. The van der Waals surface area contributed by atoms with Gasteiger partial charge < -0.3 is 4.18 Å². The highest BCUT2D eigenvalue weighted by molar-refractivity contribution is 7.75. The van der Waals surface area contributed by atoms with E-state index in [9.17, 15) is 0 Å². The molecule has 0 atom stereocenters. The molecule has 2 aromatic rings. The molecule has 0 spiro atoms. The first kappa shape index (κ1) is 13.8. The van der Waals surface area contributed by atoms with Gasteiger partial charge in [-0.1, -0.05) is 68.4 Å². The van der Waals surface area contributed by atoms with Crippen LogP contribution in [0.25, 0.3) is 11.1 Å². The van der Waals surface area contributed by atoms with Gasteiger partial charge in [-0.25, -0.2) is 0 Å². The fourth-order valence-corrected chi connectivity index (χ4v) is 1.65. The number of hydrogen-bond donors (Lipinski definition) is 1. The zero-order chi connectivity index (χ0) is 12.5. The Kier molecular flexibility index (Phi) is 6.45. The average Bonchev–Trinajstić information content (AvgIpc) is 2.43. The maximum atomic E-state index is 4.77. The topological polar surface area (TPSA) is 9.23 Å². The zero-order valence-electron chi connectivity index (χ0n) is 10.3. The Labute approximate surface area is 109 Å². The lowest BCUT2D eigenvalue weighted by molar-refractivity contribution is 0.372. The second-order valence-corrected chi connectivity index (χ2v) is 3.59. The standard InChI is InChI=1S/C13H12OS.C2H6/c15-14-10-11-6-8-13(9-7-11)12-4-2-1-3-5-12;1-2/h1-9,15H,10H2;1-2H3. The molecule has 0 bridgehead atoms. The summed E-state index contributed by atoms with van der Waals surface area (Å²) in [5.41, 5.74) is 3.58. The van der Waals surface area contributed by atoms with Crippen LogP contribution in [0.5, 0.6) is 0 Å². The van der Waals surface area contributed by atoms with Crippen molar-refractivity contribution in [2.45, 2.75) is 20.5 Å². The van der Waals surface area contributed by atoms with E-state index in [-0.39, 0.29) is 0 Å². The summed E-state index contributed by atoms with van der Waals surface area (Å²) in [7, 11) is 0. The largest absolute Gasteiger partial charge is 0.314 e. The zero-order valence-corrected chi connectivity index (χ0v) is 11.2. The molecule has 0 saturated carbocycles. The van der Waals surface area contributed by atoms with E-state index in [0.29, 0.717) is 6.61 Å². The molecule has 0 aromatic heterocycles. The predicted octanol–water partition coefficient (Wildman–Crippen LogP) is 4.74. The first-order valence-corrected chi connectivity index (χ1v) is 6.17. The molecular weight excluding hydrogens is 228 g/mol. The molecule has 2 rings (SSSR count). The van der Waals surface area contributed by atoms with Gasteiger partial charge in [0.15, 0.2) is 0 Å². The molecule has 0 N–H and O–H groups in total. The molecule has 0 aliphatic rings. The lowest BCUT2D eigenvalue weighted by Crippen LogP contribution is -1.84. The van der Waals surface area contributed by atoms with Gasteiger partial charge in [0, 0.05) is 0 Å². The first-order chi connectivity index (χ1) is 8.40. The number of benzene rings is 2. The maximum absolute atomic E-state index is 4.77. The minimum absolute atomic E-state index is 0.540. The van der Waals surface area contributed by atoms with E-state index in [0.717, 1.165) is 5.56 Å². The van der Waals surface area contributed by atoms with Crippen LogP contribution in [-0.4, -0.2) is 0 Å². The Morgan fingerprint density at radius 2 is 1.35 bits per heavy atom. The second kappa shape index (κ2) is 7.93. The SMILES string of the molecule is CC.SOCc1ccc(-c2ccccc2)cc1. The summed E-state index contributed by atoms with van der Waals surface area (Å²) in [5.74, 6) is 0.